The van der Waals surface area contributed by atoms with E-state index in [1.165, 1.54) is 0 Å². The predicted octanol–water partition coefficient (Wildman–Crippen LogP) is 3.08. The van der Waals surface area contributed by atoms with Gasteiger partial charge in [-0.05, 0) is 75.7 Å². The van der Waals surface area contributed by atoms with Crippen molar-refractivity contribution in [2.45, 2.75) is 63.6 Å². The molecule has 4 atom stereocenters. The molecule has 9 heteroatoms. The van der Waals surface area contributed by atoms with E-state index in [0.717, 1.165) is 24.8 Å². The first-order valence-corrected chi connectivity index (χ1v) is 13.8. The molecule has 1 saturated heterocycles. The number of nitrogens with two attached hydrogens (primary N) is 1. The lowest BCUT2D eigenvalue weighted by Gasteiger charge is -2.30. The van der Waals surface area contributed by atoms with Crippen molar-refractivity contribution in [1.82, 2.24) is 20.5 Å². The molecule has 0 bridgehead atoms. The topological polar surface area (TPSA) is 131 Å². The zero-order valence-electron chi connectivity index (χ0n) is 22.8. The van der Waals surface area contributed by atoms with Crippen LogP contribution in [0.1, 0.15) is 55.3 Å². The van der Waals surface area contributed by atoms with Crippen molar-refractivity contribution in [2.24, 2.45) is 11.7 Å². The fraction of sp³-hybridized carbons (Fsp3) is 0.467. The Morgan fingerprint density at radius 3 is 2.51 bits per heavy atom. The number of likely N-dealkylation sites (tertiary alicyclic amines) is 1. The highest BCUT2D eigenvalue weighted by Gasteiger charge is 2.42. The maximum Gasteiger partial charge on any atom is 0.266 e. The van der Waals surface area contributed by atoms with Crippen LogP contribution in [-0.4, -0.2) is 65.7 Å². The van der Waals surface area contributed by atoms with Gasteiger partial charge in [0.1, 0.15) is 11.6 Å². The molecule has 0 spiro atoms. The van der Waals surface area contributed by atoms with Crippen LogP contribution < -0.4 is 16.4 Å². The maximum atomic E-state index is 13.7. The Labute approximate surface area is 229 Å². The van der Waals surface area contributed by atoms with Gasteiger partial charge < -0.3 is 25.7 Å². The number of Topliss-reactive ketones (excluding diaryl/α,β-unsaturated/α-hetero) is 1. The van der Waals surface area contributed by atoms with E-state index in [-0.39, 0.29) is 29.4 Å². The fourth-order valence-electron chi connectivity index (χ4n) is 5.29. The predicted molar refractivity (Wildman–Crippen MR) is 150 cm³/mol. The zero-order chi connectivity index (χ0) is 27.8. The maximum absolute atomic E-state index is 13.7. The highest BCUT2D eigenvalue weighted by molar-refractivity contribution is 6.01. The number of hydrogen-bond donors (Lipinski definition) is 3. The number of aromatic nitrogens is 1. The molecule has 1 aliphatic heterocycles. The lowest BCUT2D eigenvalue weighted by molar-refractivity contribution is -0.141. The van der Waals surface area contributed by atoms with Gasteiger partial charge in [-0.2, -0.15) is 0 Å². The minimum atomic E-state index is -0.819. The quantitative estimate of drug-likeness (QED) is 0.227. The van der Waals surface area contributed by atoms with Gasteiger partial charge in [0, 0.05) is 6.54 Å². The Hall–Kier alpha value is -3.56. The van der Waals surface area contributed by atoms with Crippen LogP contribution in [0.2, 0.25) is 0 Å². The molecule has 3 aromatic rings. The number of para-hydroxylation sites is 2. The van der Waals surface area contributed by atoms with Gasteiger partial charge in [0.25, 0.3) is 5.89 Å². The van der Waals surface area contributed by atoms with Crippen molar-refractivity contribution in [1.29, 1.82) is 0 Å². The van der Waals surface area contributed by atoms with Gasteiger partial charge in [0.15, 0.2) is 5.58 Å². The largest absolute Gasteiger partial charge is 0.434 e. The van der Waals surface area contributed by atoms with Crippen molar-refractivity contribution in [3.63, 3.8) is 0 Å². The van der Waals surface area contributed by atoms with Crippen LogP contribution in [0.4, 0.5) is 0 Å². The lowest BCUT2D eigenvalue weighted by atomic mass is 9.99. The number of ketones is 1. The molecule has 2 aromatic carbocycles. The van der Waals surface area contributed by atoms with Gasteiger partial charge >= 0.3 is 0 Å². The summed E-state index contributed by atoms with van der Waals surface area (Å²) in [5.41, 5.74) is 7.94. The average molecular weight is 534 g/mol. The first-order chi connectivity index (χ1) is 18.9. The van der Waals surface area contributed by atoms with Crippen molar-refractivity contribution in [3.05, 3.63) is 66.1 Å². The summed E-state index contributed by atoms with van der Waals surface area (Å²) in [4.78, 5) is 46.7. The van der Waals surface area contributed by atoms with Crippen LogP contribution in [0.15, 0.2) is 59.0 Å². The molecular weight excluding hydrogens is 494 g/mol. The highest BCUT2D eigenvalue weighted by atomic mass is 16.4. The standard InChI is InChI=1S/C30H39N5O4/c1-20-17-19-35(30(38)24(32-2)16-15-21-10-4-3-5-11-21)26(20)28(37)33-23(13-8-9-18-31)27(36)29-34-22-12-6-7-14-25(22)39-29/h3-7,10-12,14,20,23-24,26,32H,8-9,13,15-19,31H2,1-2H3,(H,33,37)/t20-,23-,24+,26-/m0/s1. The van der Waals surface area contributed by atoms with Gasteiger partial charge in [0.2, 0.25) is 17.6 Å². The first-order valence-electron chi connectivity index (χ1n) is 13.8. The first kappa shape index (κ1) is 28.4. The second-order valence-corrected chi connectivity index (χ2v) is 10.3. The van der Waals surface area contributed by atoms with Crippen LogP contribution in [-0.2, 0) is 16.0 Å². The van der Waals surface area contributed by atoms with E-state index < -0.39 is 18.1 Å². The molecule has 9 nitrogen and oxygen atoms in total. The SMILES string of the molecule is CN[C@H](CCc1ccccc1)C(=O)N1CC[C@H](C)[C@H]1C(=O)N[C@@H](CCCCN)C(=O)c1nc2ccccc2o1. The number of benzene rings is 2. The number of nitrogens with one attached hydrogen (secondary N) is 2. The van der Waals surface area contributed by atoms with Gasteiger partial charge in [-0.25, -0.2) is 4.98 Å². The molecule has 4 N–H and O–H groups in total. The van der Waals surface area contributed by atoms with E-state index in [1.807, 2.05) is 49.4 Å². The summed E-state index contributed by atoms with van der Waals surface area (Å²) in [6.07, 6.45) is 3.89. The molecule has 2 heterocycles. The zero-order valence-corrected chi connectivity index (χ0v) is 22.8. The number of nitrogens with zero attached hydrogens (tertiary/aromatic N) is 2. The number of likely N-dealkylation sites (N-methyl/N-ethyl adjacent to an activating group) is 1. The van der Waals surface area contributed by atoms with Crippen molar-refractivity contribution in [2.75, 3.05) is 20.1 Å². The molecule has 39 heavy (non-hydrogen) atoms. The third-order valence-electron chi connectivity index (χ3n) is 7.55. The van der Waals surface area contributed by atoms with Crippen LogP contribution in [0.5, 0.6) is 0 Å². The average Bonchev–Trinajstić information content (AvgIpc) is 3.56. The smallest absolute Gasteiger partial charge is 0.266 e. The molecule has 0 aliphatic carbocycles. The monoisotopic (exact) mass is 533 g/mol. The van der Waals surface area contributed by atoms with E-state index in [0.29, 0.717) is 43.5 Å². The third kappa shape index (κ3) is 6.91. The normalized spacial score (nSPS) is 18.7. The Bertz CT molecular complexity index is 1230. The molecule has 0 unspecified atom stereocenters. The summed E-state index contributed by atoms with van der Waals surface area (Å²) in [5, 5.41) is 6.09. The van der Waals surface area contributed by atoms with E-state index in [2.05, 4.69) is 15.6 Å². The number of carbonyl (C=O) groups excluding carboxylic acids is 3. The molecule has 4 rings (SSSR count). The number of unbranched alkanes of at least 4 members (excludes halogenated alkanes) is 1. The molecule has 1 aromatic heterocycles. The summed E-state index contributed by atoms with van der Waals surface area (Å²) >= 11 is 0. The van der Waals surface area contributed by atoms with E-state index in [4.69, 9.17) is 10.2 Å². The number of amides is 2. The second-order valence-electron chi connectivity index (χ2n) is 10.3. The van der Waals surface area contributed by atoms with E-state index >= 15 is 0 Å². The number of oxazole rings is 1. The Morgan fingerprint density at radius 1 is 1.05 bits per heavy atom. The van der Waals surface area contributed by atoms with Gasteiger partial charge in [-0.15, -0.1) is 0 Å². The Morgan fingerprint density at radius 2 is 1.79 bits per heavy atom. The third-order valence-corrected chi connectivity index (χ3v) is 7.55. The number of hydrogen-bond acceptors (Lipinski definition) is 7. The lowest BCUT2D eigenvalue weighted by Crippen LogP contribution is -2.55. The molecule has 2 amide bonds. The Kier molecular flexibility index (Phi) is 9.84. The molecule has 1 aliphatic rings. The van der Waals surface area contributed by atoms with Crippen LogP contribution >= 0.6 is 0 Å². The number of carbonyl (C=O) groups is 3. The van der Waals surface area contributed by atoms with E-state index in [1.54, 1.807) is 24.1 Å². The number of rotatable bonds is 13. The van der Waals surface area contributed by atoms with Gasteiger partial charge in [-0.3, -0.25) is 14.4 Å². The molecule has 1 fully saturated rings. The van der Waals surface area contributed by atoms with E-state index in [9.17, 15) is 14.4 Å². The minimum absolute atomic E-state index is 0.0298. The Balaban J connectivity index is 1.47. The second kappa shape index (κ2) is 13.5. The van der Waals surface area contributed by atoms with Crippen LogP contribution in [0.25, 0.3) is 11.1 Å². The summed E-state index contributed by atoms with van der Waals surface area (Å²) in [6.45, 7) is 2.97. The summed E-state index contributed by atoms with van der Waals surface area (Å²) in [7, 11) is 1.77. The van der Waals surface area contributed by atoms with Crippen molar-refractivity contribution >= 4 is 28.7 Å². The molecule has 0 radical (unpaired) electrons. The van der Waals surface area contributed by atoms with Crippen molar-refractivity contribution in [3.8, 4) is 0 Å². The molecular formula is C30H39N5O4. The van der Waals surface area contributed by atoms with Crippen LogP contribution in [0, 0.1) is 5.92 Å². The summed E-state index contributed by atoms with van der Waals surface area (Å²) < 4.78 is 5.70. The van der Waals surface area contributed by atoms with Gasteiger partial charge in [0.05, 0.1) is 12.1 Å². The number of aryl methyl sites for hydroxylation is 1. The minimum Gasteiger partial charge on any atom is -0.434 e. The molecule has 0 saturated carbocycles. The van der Waals surface area contributed by atoms with Crippen LogP contribution in [0.3, 0.4) is 0 Å². The highest BCUT2D eigenvalue weighted by Crippen LogP contribution is 2.26. The fourth-order valence-corrected chi connectivity index (χ4v) is 5.29. The molecule has 208 valence electrons. The van der Waals surface area contributed by atoms with Gasteiger partial charge in [-0.1, -0.05) is 49.4 Å². The summed E-state index contributed by atoms with van der Waals surface area (Å²) in [5.74, 6) is -0.866. The summed E-state index contributed by atoms with van der Waals surface area (Å²) in [6, 6.07) is 15.3. The van der Waals surface area contributed by atoms with Crippen molar-refractivity contribution < 1.29 is 18.8 Å². The number of fused-ring (bicyclic) bond motifs is 1.